The van der Waals surface area contributed by atoms with E-state index in [-0.39, 0.29) is 0 Å². The van der Waals surface area contributed by atoms with Crippen LogP contribution in [0, 0.1) is 0 Å². The van der Waals surface area contributed by atoms with Crippen LogP contribution >= 0.6 is 0 Å². The van der Waals surface area contributed by atoms with E-state index < -0.39 is 11.9 Å². The Hall–Kier alpha value is -3.32. The van der Waals surface area contributed by atoms with E-state index in [0.29, 0.717) is 17.0 Å². The summed E-state index contributed by atoms with van der Waals surface area (Å²) in [7, 11) is 3.13. The smallest absolute Gasteiger partial charge is 0.336 e. The molecule has 0 saturated carbocycles. The van der Waals surface area contributed by atoms with Gasteiger partial charge in [0, 0.05) is 22.6 Å². The minimum atomic E-state index is -0.577. The molecule has 7 heteroatoms. The number of amidine groups is 1. The van der Waals surface area contributed by atoms with E-state index in [1.54, 1.807) is 19.2 Å². The van der Waals surface area contributed by atoms with Gasteiger partial charge in [-0.15, -0.1) is 0 Å². The summed E-state index contributed by atoms with van der Waals surface area (Å²) in [5.74, 6) is 1.14. The van der Waals surface area contributed by atoms with Gasteiger partial charge in [0.2, 0.25) is 12.1 Å². The Morgan fingerprint density at radius 2 is 1.85 bits per heavy atom. The van der Waals surface area contributed by atoms with E-state index in [2.05, 4.69) is 5.16 Å². The van der Waals surface area contributed by atoms with Gasteiger partial charge in [0.05, 0.1) is 14.2 Å². The Bertz CT molecular complexity index is 1030. The lowest BCUT2D eigenvalue weighted by atomic mass is 10.1. The van der Waals surface area contributed by atoms with E-state index in [1.807, 2.05) is 36.4 Å². The molecule has 1 aliphatic rings. The van der Waals surface area contributed by atoms with Crippen molar-refractivity contribution in [1.29, 1.82) is 0 Å². The standard InChI is InChI=1S/C19H16N2O5/c1-23-13-9-7-12(8-10-13)19-21(24-2)18(20-26-19)15-11-17(22)25-16-6-4-3-5-14(15)16/h3-11,19H,1-2H3. The number of hydrogen-bond acceptors (Lipinski definition) is 7. The second-order valence-electron chi connectivity index (χ2n) is 5.63. The van der Waals surface area contributed by atoms with Crippen LogP contribution in [0.3, 0.4) is 0 Å². The zero-order valence-electron chi connectivity index (χ0n) is 14.2. The van der Waals surface area contributed by atoms with E-state index in [0.717, 1.165) is 16.7 Å². The van der Waals surface area contributed by atoms with Crippen LogP contribution in [-0.4, -0.2) is 25.1 Å². The van der Waals surface area contributed by atoms with Crippen molar-refractivity contribution in [2.24, 2.45) is 5.16 Å². The average Bonchev–Trinajstić information content (AvgIpc) is 3.11. The molecule has 0 bridgehead atoms. The number of hydroxylamine groups is 2. The highest BCUT2D eigenvalue weighted by Gasteiger charge is 2.34. The van der Waals surface area contributed by atoms with Gasteiger partial charge in [-0.25, -0.2) is 4.79 Å². The molecule has 0 aliphatic carbocycles. The molecule has 0 spiro atoms. The molecule has 26 heavy (non-hydrogen) atoms. The average molecular weight is 352 g/mol. The lowest BCUT2D eigenvalue weighted by Crippen LogP contribution is -2.30. The van der Waals surface area contributed by atoms with Crippen LogP contribution < -0.4 is 10.4 Å². The van der Waals surface area contributed by atoms with Crippen molar-refractivity contribution in [2.45, 2.75) is 6.23 Å². The van der Waals surface area contributed by atoms with E-state index in [4.69, 9.17) is 18.8 Å². The minimum absolute atomic E-state index is 0.400. The van der Waals surface area contributed by atoms with Gasteiger partial charge >= 0.3 is 5.63 Å². The van der Waals surface area contributed by atoms with Gasteiger partial charge in [-0.1, -0.05) is 23.4 Å². The topological polar surface area (TPSA) is 73.5 Å². The number of ether oxygens (including phenoxy) is 1. The Morgan fingerprint density at radius 1 is 1.08 bits per heavy atom. The van der Waals surface area contributed by atoms with Crippen molar-refractivity contribution in [3.05, 3.63) is 76.1 Å². The molecule has 2 heterocycles. The molecule has 3 aromatic rings. The van der Waals surface area contributed by atoms with Gasteiger partial charge in [0.1, 0.15) is 11.3 Å². The molecule has 7 nitrogen and oxygen atoms in total. The summed E-state index contributed by atoms with van der Waals surface area (Å²) < 4.78 is 10.4. The second-order valence-corrected chi connectivity index (χ2v) is 5.63. The number of hydrogen-bond donors (Lipinski definition) is 0. The molecule has 1 aromatic heterocycles. The molecule has 0 amide bonds. The fourth-order valence-corrected chi connectivity index (χ4v) is 2.91. The van der Waals surface area contributed by atoms with Crippen molar-refractivity contribution in [3.63, 3.8) is 0 Å². The lowest BCUT2D eigenvalue weighted by molar-refractivity contribution is -0.165. The third-order valence-electron chi connectivity index (χ3n) is 4.15. The number of oxime groups is 1. The monoisotopic (exact) mass is 352 g/mol. The van der Waals surface area contributed by atoms with Crippen molar-refractivity contribution in [3.8, 4) is 5.75 Å². The summed E-state index contributed by atoms with van der Waals surface area (Å²) in [5, 5.41) is 6.41. The first-order valence-corrected chi connectivity index (χ1v) is 7.95. The van der Waals surface area contributed by atoms with Crippen molar-refractivity contribution >= 4 is 16.8 Å². The van der Waals surface area contributed by atoms with Crippen LogP contribution in [0.2, 0.25) is 0 Å². The molecule has 1 atom stereocenters. The number of methoxy groups -OCH3 is 1. The van der Waals surface area contributed by atoms with Gasteiger partial charge in [-0.05, 0) is 30.3 Å². The largest absolute Gasteiger partial charge is 0.497 e. The van der Waals surface area contributed by atoms with Crippen molar-refractivity contribution in [2.75, 3.05) is 14.2 Å². The molecule has 1 aliphatic heterocycles. The summed E-state index contributed by atoms with van der Waals surface area (Å²) in [6.45, 7) is 0. The molecule has 0 radical (unpaired) electrons. The maximum Gasteiger partial charge on any atom is 0.336 e. The maximum atomic E-state index is 11.9. The number of rotatable bonds is 4. The fourth-order valence-electron chi connectivity index (χ4n) is 2.91. The molecule has 1 unspecified atom stereocenters. The maximum absolute atomic E-state index is 11.9. The zero-order valence-corrected chi connectivity index (χ0v) is 14.2. The van der Waals surface area contributed by atoms with Gasteiger partial charge in [0.25, 0.3) is 0 Å². The highest BCUT2D eigenvalue weighted by molar-refractivity contribution is 6.08. The third-order valence-corrected chi connectivity index (χ3v) is 4.15. The molecule has 2 aromatic carbocycles. The number of fused-ring (bicyclic) bond motifs is 1. The molecule has 0 fully saturated rings. The highest BCUT2D eigenvalue weighted by atomic mass is 16.8. The number of para-hydroxylation sites is 1. The SMILES string of the molecule is COc1ccc(C2ON=C(c3cc(=O)oc4ccccc34)N2OC)cc1. The van der Waals surface area contributed by atoms with Crippen LogP contribution in [0.5, 0.6) is 5.75 Å². The van der Waals surface area contributed by atoms with Crippen LogP contribution in [0.1, 0.15) is 17.4 Å². The third kappa shape index (κ3) is 2.68. The van der Waals surface area contributed by atoms with Gasteiger partial charge in [0.15, 0.2) is 0 Å². The van der Waals surface area contributed by atoms with Crippen LogP contribution in [-0.2, 0) is 9.68 Å². The summed E-state index contributed by atoms with van der Waals surface area (Å²) in [6.07, 6.45) is -0.577. The van der Waals surface area contributed by atoms with Gasteiger partial charge in [-0.3, -0.25) is 4.84 Å². The first-order chi connectivity index (χ1) is 12.7. The Labute approximate surface area is 148 Å². The Balaban J connectivity index is 1.75. The Morgan fingerprint density at radius 3 is 2.58 bits per heavy atom. The number of nitrogens with zero attached hydrogens (tertiary/aromatic N) is 2. The van der Waals surface area contributed by atoms with Crippen molar-refractivity contribution < 1.29 is 18.8 Å². The summed E-state index contributed by atoms with van der Waals surface area (Å²) in [6, 6.07) is 16.0. The van der Waals surface area contributed by atoms with E-state index in [1.165, 1.54) is 18.2 Å². The predicted molar refractivity (Wildman–Crippen MR) is 94.7 cm³/mol. The second kappa shape index (κ2) is 6.53. The van der Waals surface area contributed by atoms with Crippen LogP contribution in [0.25, 0.3) is 11.0 Å². The number of benzene rings is 2. The highest BCUT2D eigenvalue weighted by Crippen LogP contribution is 2.32. The molecular weight excluding hydrogens is 336 g/mol. The predicted octanol–water partition coefficient (Wildman–Crippen LogP) is 3.06. The Kier molecular flexibility index (Phi) is 4.06. The normalized spacial score (nSPS) is 16.5. The molecule has 4 rings (SSSR count). The van der Waals surface area contributed by atoms with Crippen molar-refractivity contribution in [1.82, 2.24) is 5.06 Å². The zero-order chi connectivity index (χ0) is 18.1. The molecule has 0 N–H and O–H groups in total. The molecule has 132 valence electrons. The van der Waals surface area contributed by atoms with E-state index >= 15 is 0 Å². The lowest BCUT2D eigenvalue weighted by Gasteiger charge is -2.22. The van der Waals surface area contributed by atoms with Crippen LogP contribution in [0.4, 0.5) is 0 Å². The first kappa shape index (κ1) is 16.2. The van der Waals surface area contributed by atoms with Crippen LogP contribution in [0.15, 0.2) is 69.0 Å². The van der Waals surface area contributed by atoms with Gasteiger partial charge in [-0.2, -0.15) is 5.06 Å². The molecular formula is C19H16N2O5. The summed E-state index contributed by atoms with van der Waals surface area (Å²) >= 11 is 0. The fraction of sp³-hybridized carbons (Fsp3) is 0.158. The quantitative estimate of drug-likeness (QED) is 0.672. The molecule has 0 saturated heterocycles. The first-order valence-electron chi connectivity index (χ1n) is 7.95. The summed E-state index contributed by atoms with van der Waals surface area (Å²) in [5.41, 5.74) is 1.42. The minimum Gasteiger partial charge on any atom is -0.497 e. The summed E-state index contributed by atoms with van der Waals surface area (Å²) in [4.78, 5) is 23.0. The van der Waals surface area contributed by atoms with Gasteiger partial charge < -0.3 is 14.0 Å². The van der Waals surface area contributed by atoms with E-state index in [9.17, 15) is 4.79 Å².